The smallest absolute Gasteiger partial charge is 0.351 e. The van der Waals surface area contributed by atoms with Gasteiger partial charge in [-0.3, -0.25) is 9.40 Å². The van der Waals surface area contributed by atoms with Gasteiger partial charge in [0.15, 0.2) is 12.0 Å². The normalized spacial score (nSPS) is 30.5. The van der Waals surface area contributed by atoms with Crippen molar-refractivity contribution in [2.75, 3.05) is 19.2 Å². The molecule has 1 fully saturated rings. The Labute approximate surface area is 108 Å². The second-order valence-corrected chi connectivity index (χ2v) is 4.04. The van der Waals surface area contributed by atoms with Crippen LogP contribution >= 0.6 is 0 Å². The fourth-order valence-corrected chi connectivity index (χ4v) is 1.88. The highest BCUT2D eigenvalue weighted by Gasteiger charge is 2.43. The first-order valence-electron chi connectivity index (χ1n) is 5.59. The van der Waals surface area contributed by atoms with Crippen molar-refractivity contribution in [1.82, 2.24) is 9.55 Å². The summed E-state index contributed by atoms with van der Waals surface area (Å²) in [5.74, 6) is 0.204. The molecule has 106 valence electrons. The van der Waals surface area contributed by atoms with E-state index in [1.165, 1.54) is 19.4 Å². The number of aliphatic hydroxyl groups is 3. The third-order valence-corrected chi connectivity index (χ3v) is 2.83. The molecule has 0 aromatic carbocycles. The summed E-state index contributed by atoms with van der Waals surface area (Å²) in [4.78, 5) is 20.0. The average molecular weight is 273 g/mol. The van der Waals surface area contributed by atoms with E-state index in [0.29, 0.717) is 0 Å². The van der Waals surface area contributed by atoms with Crippen LogP contribution < -0.4 is 11.2 Å². The lowest BCUT2D eigenvalue weighted by molar-refractivity contribution is -0.0549. The van der Waals surface area contributed by atoms with E-state index in [2.05, 4.69) is 15.3 Å². The maximum absolute atomic E-state index is 11.8. The highest BCUT2D eigenvalue weighted by molar-refractivity contribution is 5.28. The van der Waals surface area contributed by atoms with Crippen molar-refractivity contribution in [3.05, 3.63) is 22.7 Å². The predicted octanol–water partition coefficient (Wildman–Crippen LogP) is -2.17. The fourth-order valence-electron chi connectivity index (χ4n) is 1.88. The highest BCUT2D eigenvalue weighted by Crippen LogP contribution is 2.27. The van der Waals surface area contributed by atoms with Crippen LogP contribution in [0.5, 0.6) is 0 Å². The van der Waals surface area contributed by atoms with Gasteiger partial charge in [-0.2, -0.15) is 4.98 Å². The number of nitrogens with zero attached hydrogens (tertiary/aromatic N) is 2. The van der Waals surface area contributed by atoms with Crippen LogP contribution in [0.4, 0.5) is 5.82 Å². The minimum Gasteiger partial charge on any atom is -0.394 e. The van der Waals surface area contributed by atoms with Crippen molar-refractivity contribution in [3.8, 4) is 0 Å². The van der Waals surface area contributed by atoms with Gasteiger partial charge in [0, 0.05) is 6.20 Å². The van der Waals surface area contributed by atoms with Gasteiger partial charge in [0.05, 0.1) is 13.7 Å². The minimum absolute atomic E-state index is 0.204. The Hall–Kier alpha value is -1.52. The molecule has 1 saturated heterocycles. The second-order valence-electron chi connectivity index (χ2n) is 4.04. The van der Waals surface area contributed by atoms with Crippen LogP contribution in [0.3, 0.4) is 0 Å². The first-order valence-corrected chi connectivity index (χ1v) is 5.59. The van der Waals surface area contributed by atoms with Crippen molar-refractivity contribution < 1.29 is 24.9 Å². The van der Waals surface area contributed by atoms with Crippen LogP contribution in [0.2, 0.25) is 0 Å². The summed E-state index contributed by atoms with van der Waals surface area (Å²) in [5, 5.41) is 28.4. The van der Waals surface area contributed by atoms with Gasteiger partial charge in [0.2, 0.25) is 0 Å². The van der Waals surface area contributed by atoms with Crippen LogP contribution in [0.15, 0.2) is 17.1 Å². The molecule has 1 aliphatic rings. The molecule has 2 rings (SSSR count). The molecular formula is C10H15N3O6. The first kappa shape index (κ1) is 13.9. The van der Waals surface area contributed by atoms with E-state index in [-0.39, 0.29) is 5.82 Å². The standard InChI is InChI=1S/C10H15N3O6/c1-18-12-6-2-3-13(10(17)11-6)9-8(16)7(15)5(4-14)19-9/h2-3,5,7-9,14-16H,4H2,1H3,(H,11,12,17)/t5-,7-,8-,9-/m1/s1. The van der Waals surface area contributed by atoms with Gasteiger partial charge in [0.25, 0.3) is 0 Å². The highest BCUT2D eigenvalue weighted by atomic mass is 16.6. The minimum atomic E-state index is -1.32. The maximum atomic E-state index is 11.8. The SMILES string of the molecule is CONc1ccn([C@@H]2O[C@H](CO)[C@@H](O)[C@H]2O)c(=O)n1. The Morgan fingerprint density at radius 3 is 2.79 bits per heavy atom. The maximum Gasteiger partial charge on any atom is 0.351 e. The third kappa shape index (κ3) is 2.60. The number of nitrogens with one attached hydrogen (secondary N) is 1. The summed E-state index contributed by atoms with van der Waals surface area (Å²) < 4.78 is 6.26. The van der Waals surface area contributed by atoms with Gasteiger partial charge < -0.3 is 20.1 Å². The molecule has 4 atom stereocenters. The molecule has 0 bridgehead atoms. The van der Waals surface area contributed by atoms with Gasteiger partial charge in [0.1, 0.15) is 18.3 Å². The zero-order chi connectivity index (χ0) is 14.0. The molecule has 2 heterocycles. The van der Waals surface area contributed by atoms with Crippen LogP contribution in [0, 0.1) is 0 Å². The molecule has 0 saturated carbocycles. The number of hydrogen-bond donors (Lipinski definition) is 4. The quantitative estimate of drug-likeness (QED) is 0.456. The Bertz CT molecular complexity index is 492. The summed E-state index contributed by atoms with van der Waals surface area (Å²) in [7, 11) is 1.37. The average Bonchev–Trinajstić information content (AvgIpc) is 2.67. The van der Waals surface area contributed by atoms with Crippen LogP contribution in [-0.2, 0) is 9.57 Å². The number of hydrogen-bond acceptors (Lipinski definition) is 8. The lowest BCUT2D eigenvalue weighted by Crippen LogP contribution is -2.36. The molecule has 19 heavy (non-hydrogen) atoms. The van der Waals surface area contributed by atoms with Crippen molar-refractivity contribution in [1.29, 1.82) is 0 Å². The summed E-state index contributed by atoms with van der Waals surface area (Å²) in [6.07, 6.45) is -3.28. The Morgan fingerprint density at radius 1 is 1.53 bits per heavy atom. The molecule has 4 N–H and O–H groups in total. The monoisotopic (exact) mass is 273 g/mol. The zero-order valence-electron chi connectivity index (χ0n) is 10.1. The fraction of sp³-hybridized carbons (Fsp3) is 0.600. The largest absolute Gasteiger partial charge is 0.394 e. The van der Waals surface area contributed by atoms with Gasteiger partial charge in [-0.05, 0) is 6.07 Å². The number of anilines is 1. The lowest BCUT2D eigenvalue weighted by atomic mass is 10.1. The molecular weight excluding hydrogens is 258 g/mol. The summed E-state index contributed by atoms with van der Waals surface area (Å²) in [5.41, 5.74) is 1.71. The van der Waals surface area contributed by atoms with E-state index in [9.17, 15) is 15.0 Å². The third-order valence-electron chi connectivity index (χ3n) is 2.83. The first-order chi connectivity index (χ1) is 9.08. The second kappa shape index (κ2) is 5.63. The Morgan fingerprint density at radius 2 is 2.26 bits per heavy atom. The molecule has 9 heteroatoms. The summed E-state index contributed by atoms with van der Waals surface area (Å²) in [6, 6.07) is 1.44. The van der Waals surface area contributed by atoms with Crippen molar-refractivity contribution in [3.63, 3.8) is 0 Å². The van der Waals surface area contributed by atoms with E-state index in [1.807, 2.05) is 0 Å². The van der Waals surface area contributed by atoms with Crippen molar-refractivity contribution in [2.45, 2.75) is 24.5 Å². The van der Waals surface area contributed by atoms with E-state index in [4.69, 9.17) is 9.84 Å². The lowest BCUT2D eigenvalue weighted by Gasteiger charge is -2.17. The molecule has 1 aromatic rings. The van der Waals surface area contributed by atoms with Gasteiger partial charge in [-0.25, -0.2) is 10.3 Å². The molecule has 0 radical (unpaired) electrons. The molecule has 0 aliphatic carbocycles. The molecule has 0 amide bonds. The summed E-state index contributed by atoms with van der Waals surface area (Å²) >= 11 is 0. The Balaban J connectivity index is 2.25. The summed E-state index contributed by atoms with van der Waals surface area (Å²) in [6.45, 7) is -0.458. The number of aliphatic hydroxyl groups excluding tert-OH is 3. The van der Waals surface area contributed by atoms with E-state index < -0.39 is 36.8 Å². The molecule has 0 spiro atoms. The number of ether oxygens (including phenoxy) is 1. The van der Waals surface area contributed by atoms with Gasteiger partial charge >= 0.3 is 5.69 Å². The number of rotatable bonds is 4. The topological polar surface area (TPSA) is 126 Å². The van der Waals surface area contributed by atoms with Crippen molar-refractivity contribution in [2.24, 2.45) is 0 Å². The molecule has 9 nitrogen and oxygen atoms in total. The van der Waals surface area contributed by atoms with E-state index in [1.54, 1.807) is 0 Å². The molecule has 0 unspecified atom stereocenters. The molecule has 1 aliphatic heterocycles. The van der Waals surface area contributed by atoms with E-state index in [0.717, 1.165) is 4.57 Å². The van der Waals surface area contributed by atoms with Crippen LogP contribution in [0.25, 0.3) is 0 Å². The van der Waals surface area contributed by atoms with Crippen molar-refractivity contribution >= 4 is 5.82 Å². The number of aromatic nitrogens is 2. The Kier molecular flexibility index (Phi) is 4.12. The predicted molar refractivity (Wildman–Crippen MR) is 62.1 cm³/mol. The molecule has 1 aromatic heterocycles. The van der Waals surface area contributed by atoms with E-state index >= 15 is 0 Å². The van der Waals surface area contributed by atoms with Crippen LogP contribution in [-0.4, -0.2) is 56.9 Å². The van der Waals surface area contributed by atoms with Crippen LogP contribution in [0.1, 0.15) is 6.23 Å². The zero-order valence-corrected chi connectivity index (χ0v) is 10.1. The van der Waals surface area contributed by atoms with Gasteiger partial charge in [-0.15, -0.1) is 0 Å². The van der Waals surface area contributed by atoms with Gasteiger partial charge in [-0.1, -0.05) is 0 Å².